The summed E-state index contributed by atoms with van der Waals surface area (Å²) in [5, 5.41) is 0. The van der Waals surface area contributed by atoms with Crippen molar-refractivity contribution in [2.24, 2.45) is 5.73 Å². The number of unbranched alkanes of at least 4 members (excludes halogenated alkanes) is 1. The minimum absolute atomic E-state index is 0.0634. The molecule has 0 saturated carbocycles. The summed E-state index contributed by atoms with van der Waals surface area (Å²) in [7, 11) is 0. The molecule has 13 heavy (non-hydrogen) atoms. The zero-order valence-electron chi connectivity index (χ0n) is 8.60. The molecule has 1 unspecified atom stereocenters. The number of Topliss-reactive ketones (excluding diaryl/α,β-unsaturated/α-hetero) is 1. The number of carbonyl (C=O) groups is 1. The van der Waals surface area contributed by atoms with E-state index in [4.69, 9.17) is 5.73 Å². The molecule has 0 fully saturated rings. The molecule has 1 atom stereocenters. The van der Waals surface area contributed by atoms with Gasteiger partial charge in [-0.3, -0.25) is 10.2 Å². The Labute approximate surface area is 80.2 Å². The Morgan fingerprint density at radius 1 is 1.46 bits per heavy atom. The van der Waals surface area contributed by atoms with Crippen LogP contribution in [0.25, 0.3) is 0 Å². The van der Waals surface area contributed by atoms with E-state index in [0.717, 1.165) is 25.8 Å². The maximum absolute atomic E-state index is 11.1. The molecule has 0 saturated heterocycles. The molecular formula is C9H21N3O. The third kappa shape index (κ3) is 6.69. The Morgan fingerprint density at radius 3 is 2.62 bits per heavy atom. The highest BCUT2D eigenvalue weighted by molar-refractivity contribution is 5.81. The van der Waals surface area contributed by atoms with Gasteiger partial charge in [0, 0.05) is 6.54 Å². The standard InChI is InChI=1S/C9H21N3O/c1-3-11-12-9(8(2)13)6-4-5-7-10/h9,11-12H,3-7,10H2,1-2H3. The largest absolute Gasteiger partial charge is 0.330 e. The first-order valence-corrected chi connectivity index (χ1v) is 4.91. The fraction of sp³-hybridized carbons (Fsp3) is 0.889. The second-order valence-corrected chi connectivity index (χ2v) is 3.12. The van der Waals surface area contributed by atoms with Gasteiger partial charge in [0.05, 0.1) is 6.04 Å². The maximum Gasteiger partial charge on any atom is 0.148 e. The summed E-state index contributed by atoms with van der Waals surface area (Å²) in [6, 6.07) is -0.0634. The van der Waals surface area contributed by atoms with Crippen molar-refractivity contribution in [1.29, 1.82) is 0 Å². The van der Waals surface area contributed by atoms with Gasteiger partial charge in [0.25, 0.3) is 0 Å². The quantitative estimate of drug-likeness (QED) is 0.375. The number of carbonyl (C=O) groups excluding carboxylic acids is 1. The first-order chi connectivity index (χ1) is 6.22. The van der Waals surface area contributed by atoms with Crippen LogP contribution in [0.3, 0.4) is 0 Å². The molecule has 0 rings (SSSR count). The smallest absolute Gasteiger partial charge is 0.148 e. The molecule has 4 N–H and O–H groups in total. The second kappa shape index (κ2) is 8.16. The lowest BCUT2D eigenvalue weighted by Gasteiger charge is -2.15. The van der Waals surface area contributed by atoms with Crippen molar-refractivity contribution in [1.82, 2.24) is 10.9 Å². The van der Waals surface area contributed by atoms with Gasteiger partial charge in [-0.15, -0.1) is 0 Å². The molecule has 0 radical (unpaired) electrons. The maximum atomic E-state index is 11.1. The lowest BCUT2D eigenvalue weighted by atomic mass is 10.1. The van der Waals surface area contributed by atoms with Gasteiger partial charge in [-0.05, 0) is 26.3 Å². The third-order valence-electron chi connectivity index (χ3n) is 1.89. The van der Waals surface area contributed by atoms with Gasteiger partial charge in [0.1, 0.15) is 5.78 Å². The Bertz CT molecular complexity index is 139. The Hall–Kier alpha value is -0.450. The van der Waals surface area contributed by atoms with Crippen molar-refractivity contribution < 1.29 is 4.79 Å². The van der Waals surface area contributed by atoms with Crippen molar-refractivity contribution in [2.75, 3.05) is 13.1 Å². The van der Waals surface area contributed by atoms with Crippen LogP contribution < -0.4 is 16.6 Å². The summed E-state index contributed by atoms with van der Waals surface area (Å²) < 4.78 is 0. The van der Waals surface area contributed by atoms with Crippen LogP contribution >= 0.6 is 0 Å². The first-order valence-electron chi connectivity index (χ1n) is 4.91. The number of hydrogen-bond acceptors (Lipinski definition) is 4. The van der Waals surface area contributed by atoms with Crippen molar-refractivity contribution in [3.63, 3.8) is 0 Å². The van der Waals surface area contributed by atoms with Gasteiger partial charge in [-0.25, -0.2) is 5.43 Å². The molecule has 4 nitrogen and oxygen atoms in total. The summed E-state index contributed by atoms with van der Waals surface area (Å²) in [6.07, 6.45) is 2.84. The summed E-state index contributed by atoms with van der Waals surface area (Å²) in [6.45, 7) is 5.12. The summed E-state index contributed by atoms with van der Waals surface area (Å²) >= 11 is 0. The van der Waals surface area contributed by atoms with Crippen molar-refractivity contribution in [3.05, 3.63) is 0 Å². The number of rotatable bonds is 8. The van der Waals surface area contributed by atoms with Crippen LogP contribution in [0, 0.1) is 0 Å². The van der Waals surface area contributed by atoms with E-state index >= 15 is 0 Å². The van der Waals surface area contributed by atoms with Gasteiger partial charge in [0.2, 0.25) is 0 Å². The number of nitrogens with two attached hydrogens (primary N) is 1. The van der Waals surface area contributed by atoms with Gasteiger partial charge < -0.3 is 5.73 Å². The number of hydrogen-bond donors (Lipinski definition) is 3. The van der Waals surface area contributed by atoms with E-state index in [-0.39, 0.29) is 11.8 Å². The molecule has 78 valence electrons. The third-order valence-corrected chi connectivity index (χ3v) is 1.89. The highest BCUT2D eigenvalue weighted by atomic mass is 16.1. The van der Waals surface area contributed by atoms with Crippen LogP contribution in [0.4, 0.5) is 0 Å². The van der Waals surface area contributed by atoms with Crippen LogP contribution in [-0.2, 0) is 4.79 Å². The molecule has 0 aliphatic heterocycles. The normalized spacial score (nSPS) is 12.8. The summed E-state index contributed by atoms with van der Waals surface area (Å²) in [4.78, 5) is 11.1. The average molecular weight is 187 g/mol. The molecule has 0 spiro atoms. The molecule has 0 aromatic rings. The summed E-state index contributed by atoms with van der Waals surface area (Å²) in [5.74, 6) is 0.179. The second-order valence-electron chi connectivity index (χ2n) is 3.12. The van der Waals surface area contributed by atoms with Crippen LogP contribution in [0.5, 0.6) is 0 Å². The molecule has 0 amide bonds. The molecule has 0 aliphatic carbocycles. The monoisotopic (exact) mass is 187 g/mol. The van der Waals surface area contributed by atoms with E-state index in [1.807, 2.05) is 6.92 Å². The van der Waals surface area contributed by atoms with Crippen molar-refractivity contribution in [3.8, 4) is 0 Å². The SMILES string of the molecule is CCNNC(CCCCN)C(C)=O. The number of ketones is 1. The van der Waals surface area contributed by atoms with Gasteiger partial charge in [0.15, 0.2) is 0 Å². The van der Waals surface area contributed by atoms with E-state index < -0.39 is 0 Å². The van der Waals surface area contributed by atoms with Crippen molar-refractivity contribution >= 4 is 5.78 Å². The highest BCUT2D eigenvalue weighted by Crippen LogP contribution is 2.00. The van der Waals surface area contributed by atoms with E-state index in [9.17, 15) is 4.79 Å². The van der Waals surface area contributed by atoms with Gasteiger partial charge >= 0.3 is 0 Å². The number of hydrazine groups is 1. The Kier molecular flexibility index (Phi) is 7.88. The number of nitrogens with one attached hydrogen (secondary N) is 2. The molecule has 4 heteroatoms. The predicted octanol–water partition coefficient (Wildman–Crippen LogP) is 0.187. The minimum atomic E-state index is -0.0634. The van der Waals surface area contributed by atoms with Gasteiger partial charge in [-0.1, -0.05) is 13.3 Å². The van der Waals surface area contributed by atoms with E-state index in [2.05, 4.69) is 10.9 Å². The fourth-order valence-electron chi connectivity index (χ4n) is 1.10. The molecule has 0 aromatic heterocycles. The lowest BCUT2D eigenvalue weighted by Crippen LogP contribution is -2.44. The van der Waals surface area contributed by atoms with Crippen molar-refractivity contribution in [2.45, 2.75) is 39.2 Å². The van der Waals surface area contributed by atoms with Crippen LogP contribution in [-0.4, -0.2) is 24.9 Å². The minimum Gasteiger partial charge on any atom is -0.330 e. The zero-order chi connectivity index (χ0) is 10.1. The lowest BCUT2D eigenvalue weighted by molar-refractivity contribution is -0.119. The first kappa shape index (κ1) is 12.6. The molecule has 0 aromatic carbocycles. The molecule has 0 heterocycles. The Morgan fingerprint density at radius 2 is 2.15 bits per heavy atom. The van der Waals surface area contributed by atoms with Crippen LogP contribution in [0.2, 0.25) is 0 Å². The topological polar surface area (TPSA) is 67.2 Å². The van der Waals surface area contributed by atoms with Crippen LogP contribution in [0.1, 0.15) is 33.1 Å². The highest BCUT2D eigenvalue weighted by Gasteiger charge is 2.11. The Balaban J connectivity index is 3.61. The van der Waals surface area contributed by atoms with E-state index in [0.29, 0.717) is 6.54 Å². The molecule has 0 aliphatic rings. The van der Waals surface area contributed by atoms with Crippen LogP contribution in [0.15, 0.2) is 0 Å². The summed E-state index contributed by atoms with van der Waals surface area (Å²) in [5.41, 5.74) is 11.3. The predicted molar refractivity (Wildman–Crippen MR) is 54.2 cm³/mol. The zero-order valence-corrected chi connectivity index (χ0v) is 8.60. The average Bonchev–Trinajstić information content (AvgIpc) is 2.10. The van der Waals surface area contributed by atoms with Gasteiger partial charge in [-0.2, -0.15) is 0 Å². The molecular weight excluding hydrogens is 166 g/mol. The van der Waals surface area contributed by atoms with E-state index in [1.165, 1.54) is 0 Å². The van der Waals surface area contributed by atoms with E-state index in [1.54, 1.807) is 6.92 Å². The molecule has 0 bridgehead atoms. The fourth-order valence-corrected chi connectivity index (χ4v) is 1.10.